The summed E-state index contributed by atoms with van der Waals surface area (Å²) in [6, 6.07) is 6.18. The molecule has 112 valence electrons. The van der Waals surface area contributed by atoms with Gasteiger partial charge in [0.1, 0.15) is 0 Å². The lowest BCUT2D eigenvalue weighted by atomic mass is 10.2. The Kier molecular flexibility index (Phi) is 3.79. The molecule has 1 aromatic carbocycles. The quantitative estimate of drug-likeness (QED) is 0.896. The van der Waals surface area contributed by atoms with E-state index in [1.807, 2.05) is 12.1 Å². The van der Waals surface area contributed by atoms with Crippen molar-refractivity contribution in [2.75, 3.05) is 0 Å². The molecule has 0 aliphatic heterocycles. The lowest BCUT2D eigenvalue weighted by Crippen LogP contribution is -2.15. The third-order valence-electron chi connectivity index (χ3n) is 3.34. The number of hydrogen-bond acceptors (Lipinski definition) is 2. The molecule has 0 bridgehead atoms. The Balaban J connectivity index is 1.79. The van der Waals surface area contributed by atoms with E-state index >= 15 is 0 Å². The van der Waals surface area contributed by atoms with Gasteiger partial charge in [0.15, 0.2) is 0 Å². The van der Waals surface area contributed by atoms with Crippen molar-refractivity contribution in [3.63, 3.8) is 0 Å². The minimum absolute atomic E-state index is 0.584. The van der Waals surface area contributed by atoms with Crippen molar-refractivity contribution in [3.8, 4) is 5.69 Å². The van der Waals surface area contributed by atoms with Crippen molar-refractivity contribution in [3.05, 3.63) is 46.2 Å². The molecule has 1 fully saturated rings. The zero-order valence-electron chi connectivity index (χ0n) is 11.0. The molecular weight excluding hydrogens is 347 g/mol. The maximum Gasteiger partial charge on any atom is 0.419 e. The van der Waals surface area contributed by atoms with Crippen LogP contribution in [0.2, 0.25) is 0 Å². The van der Waals surface area contributed by atoms with Crippen LogP contribution in [0, 0.1) is 0 Å². The van der Waals surface area contributed by atoms with E-state index in [0.29, 0.717) is 11.7 Å². The van der Waals surface area contributed by atoms with Crippen LogP contribution in [-0.2, 0) is 12.7 Å². The second-order valence-electron chi connectivity index (χ2n) is 5.11. The Morgan fingerprint density at radius 2 is 2.10 bits per heavy atom. The van der Waals surface area contributed by atoms with Crippen LogP contribution in [-0.4, -0.2) is 15.8 Å². The summed E-state index contributed by atoms with van der Waals surface area (Å²) in [5, 5.41) is 7.17. The monoisotopic (exact) mass is 359 g/mol. The first-order valence-corrected chi connectivity index (χ1v) is 7.37. The number of nitrogens with one attached hydrogen (secondary N) is 1. The minimum Gasteiger partial charge on any atom is -0.310 e. The lowest BCUT2D eigenvalue weighted by molar-refractivity contribution is -0.137. The van der Waals surface area contributed by atoms with E-state index in [9.17, 15) is 13.2 Å². The molecule has 2 aromatic rings. The largest absolute Gasteiger partial charge is 0.419 e. The molecule has 3 rings (SSSR count). The van der Waals surface area contributed by atoms with Gasteiger partial charge in [-0.15, -0.1) is 0 Å². The van der Waals surface area contributed by atoms with E-state index in [1.165, 1.54) is 17.5 Å². The Morgan fingerprint density at radius 3 is 2.67 bits per heavy atom. The molecule has 0 radical (unpaired) electrons. The van der Waals surface area contributed by atoms with Gasteiger partial charge >= 0.3 is 6.18 Å². The predicted molar refractivity (Wildman–Crippen MR) is 76.1 cm³/mol. The molecule has 1 N–H and O–H groups in total. The van der Waals surface area contributed by atoms with Gasteiger partial charge in [-0.3, -0.25) is 0 Å². The zero-order valence-corrected chi connectivity index (χ0v) is 12.6. The van der Waals surface area contributed by atoms with Gasteiger partial charge in [0, 0.05) is 23.3 Å². The number of alkyl halides is 3. The summed E-state index contributed by atoms with van der Waals surface area (Å²) in [7, 11) is 0. The highest BCUT2D eigenvalue weighted by molar-refractivity contribution is 9.10. The molecule has 0 amide bonds. The van der Waals surface area contributed by atoms with E-state index in [0.717, 1.165) is 29.0 Å². The topological polar surface area (TPSA) is 29.9 Å². The van der Waals surface area contributed by atoms with E-state index in [1.54, 1.807) is 6.07 Å². The Labute approximate surface area is 128 Å². The first kappa shape index (κ1) is 14.6. The van der Waals surface area contributed by atoms with Crippen LogP contribution in [0.15, 0.2) is 35.1 Å². The van der Waals surface area contributed by atoms with Crippen molar-refractivity contribution in [2.45, 2.75) is 31.6 Å². The van der Waals surface area contributed by atoms with Crippen LogP contribution in [0.4, 0.5) is 13.2 Å². The summed E-state index contributed by atoms with van der Waals surface area (Å²) in [4.78, 5) is 0. The average Bonchev–Trinajstić information content (AvgIpc) is 3.10. The standard InChI is InChI=1S/C14H13BrF3N3/c15-12-5-9(6-19-11-2-3-11)1-4-13(12)21-8-10(7-20-21)14(16,17)18/h1,4-5,7-8,11,19H,2-3,6H2. The van der Waals surface area contributed by atoms with Gasteiger partial charge in [-0.25, -0.2) is 4.68 Å². The van der Waals surface area contributed by atoms with Crippen molar-refractivity contribution >= 4 is 15.9 Å². The summed E-state index contributed by atoms with van der Waals surface area (Å²) < 4.78 is 39.7. The summed E-state index contributed by atoms with van der Waals surface area (Å²) in [6.07, 6.45) is -0.129. The fraction of sp³-hybridized carbons (Fsp3) is 0.357. The van der Waals surface area contributed by atoms with Gasteiger partial charge in [-0.05, 0) is 46.5 Å². The van der Waals surface area contributed by atoms with Gasteiger partial charge in [-0.1, -0.05) is 6.07 Å². The van der Waals surface area contributed by atoms with E-state index in [4.69, 9.17) is 0 Å². The highest BCUT2D eigenvalue weighted by Crippen LogP contribution is 2.30. The van der Waals surface area contributed by atoms with Crippen LogP contribution >= 0.6 is 15.9 Å². The number of hydrogen-bond donors (Lipinski definition) is 1. The fourth-order valence-electron chi connectivity index (χ4n) is 2.00. The molecule has 1 aromatic heterocycles. The SMILES string of the molecule is FC(F)(F)c1cnn(-c2ccc(CNC3CC3)cc2Br)c1. The molecule has 0 saturated heterocycles. The van der Waals surface area contributed by atoms with Gasteiger partial charge in [0.2, 0.25) is 0 Å². The third kappa shape index (κ3) is 3.47. The molecular formula is C14H13BrF3N3. The molecule has 1 aliphatic carbocycles. The Hall–Kier alpha value is -1.34. The molecule has 0 unspecified atom stereocenters. The second-order valence-corrected chi connectivity index (χ2v) is 5.97. The Morgan fingerprint density at radius 1 is 1.33 bits per heavy atom. The maximum atomic E-state index is 12.6. The van der Waals surface area contributed by atoms with Crippen LogP contribution in [0.25, 0.3) is 5.69 Å². The van der Waals surface area contributed by atoms with Crippen LogP contribution in [0.1, 0.15) is 24.0 Å². The second kappa shape index (κ2) is 5.46. The van der Waals surface area contributed by atoms with E-state index in [2.05, 4.69) is 26.3 Å². The van der Waals surface area contributed by atoms with Crippen LogP contribution in [0.5, 0.6) is 0 Å². The fourth-order valence-corrected chi connectivity index (χ4v) is 2.60. The van der Waals surface area contributed by atoms with Crippen LogP contribution < -0.4 is 5.32 Å². The summed E-state index contributed by atoms with van der Waals surface area (Å²) >= 11 is 3.40. The molecule has 1 heterocycles. The molecule has 3 nitrogen and oxygen atoms in total. The number of benzene rings is 1. The molecule has 1 saturated carbocycles. The van der Waals surface area contributed by atoms with Crippen LogP contribution in [0.3, 0.4) is 0 Å². The molecule has 1 aliphatic rings. The average molecular weight is 360 g/mol. The lowest BCUT2D eigenvalue weighted by Gasteiger charge is -2.08. The van der Waals surface area contributed by atoms with Crippen molar-refractivity contribution in [2.24, 2.45) is 0 Å². The predicted octanol–water partition coefficient (Wildman–Crippen LogP) is 3.91. The molecule has 21 heavy (non-hydrogen) atoms. The number of halogens is 4. The summed E-state index contributed by atoms with van der Waals surface area (Å²) in [5.41, 5.74) is 0.912. The zero-order chi connectivity index (χ0) is 15.0. The Bertz CT molecular complexity index is 647. The van der Waals surface area contributed by atoms with Crippen molar-refractivity contribution < 1.29 is 13.2 Å². The van der Waals surface area contributed by atoms with E-state index in [-0.39, 0.29) is 0 Å². The molecule has 7 heteroatoms. The molecule has 0 spiro atoms. The smallest absolute Gasteiger partial charge is 0.310 e. The third-order valence-corrected chi connectivity index (χ3v) is 3.98. The van der Waals surface area contributed by atoms with Crippen molar-refractivity contribution in [1.29, 1.82) is 0 Å². The minimum atomic E-state index is -4.38. The number of rotatable bonds is 4. The first-order valence-electron chi connectivity index (χ1n) is 6.57. The first-order chi connectivity index (χ1) is 9.93. The summed E-state index contributed by atoms with van der Waals surface area (Å²) in [5.74, 6) is 0. The van der Waals surface area contributed by atoms with Crippen molar-refractivity contribution in [1.82, 2.24) is 15.1 Å². The van der Waals surface area contributed by atoms with Gasteiger partial charge in [-0.2, -0.15) is 18.3 Å². The number of aromatic nitrogens is 2. The maximum absolute atomic E-state index is 12.6. The normalized spacial score (nSPS) is 15.4. The van der Waals surface area contributed by atoms with Gasteiger partial charge < -0.3 is 5.32 Å². The highest BCUT2D eigenvalue weighted by Gasteiger charge is 2.32. The van der Waals surface area contributed by atoms with E-state index < -0.39 is 11.7 Å². The summed E-state index contributed by atoms with van der Waals surface area (Å²) in [6.45, 7) is 0.760. The highest BCUT2D eigenvalue weighted by atomic mass is 79.9. The van der Waals surface area contributed by atoms with Gasteiger partial charge in [0.05, 0.1) is 17.4 Å². The van der Waals surface area contributed by atoms with Gasteiger partial charge in [0.25, 0.3) is 0 Å². The molecule has 0 atom stereocenters. The number of nitrogens with zero attached hydrogens (tertiary/aromatic N) is 2.